The fourth-order valence-corrected chi connectivity index (χ4v) is 3.96. The zero-order valence-electron chi connectivity index (χ0n) is 23.3. The number of aromatic amines is 1. The Balaban J connectivity index is 0.00000205. The molecule has 0 aliphatic carbocycles. The first kappa shape index (κ1) is 29.5. The molecule has 0 saturated heterocycles. The summed E-state index contributed by atoms with van der Waals surface area (Å²) in [6.07, 6.45) is 2.65. The van der Waals surface area contributed by atoms with E-state index in [0.717, 1.165) is 33.9 Å². The molecular formula is C31H38N4O4. The number of aromatic nitrogens is 3. The molecule has 1 atom stereocenters. The number of hydrogen-bond acceptors (Lipinski definition) is 6. The minimum atomic E-state index is -0.966. The maximum atomic E-state index is 12.7. The van der Waals surface area contributed by atoms with Gasteiger partial charge in [-0.1, -0.05) is 44.2 Å². The van der Waals surface area contributed by atoms with Crippen LogP contribution in [0.25, 0.3) is 33.9 Å². The third-order valence-corrected chi connectivity index (χ3v) is 6.07. The molecule has 0 aliphatic rings. The summed E-state index contributed by atoms with van der Waals surface area (Å²) in [5, 5.41) is 18.6. The van der Waals surface area contributed by atoms with Gasteiger partial charge in [-0.25, -0.2) is 4.98 Å². The lowest BCUT2D eigenvalue weighted by Crippen LogP contribution is -2.45. The largest absolute Gasteiger partial charge is 0.492 e. The van der Waals surface area contributed by atoms with Crippen LogP contribution in [0.15, 0.2) is 79.1 Å². The van der Waals surface area contributed by atoms with Crippen molar-refractivity contribution in [1.82, 2.24) is 19.9 Å². The molecule has 0 bridgehead atoms. The normalized spacial score (nSPS) is 11.8. The van der Waals surface area contributed by atoms with Crippen LogP contribution in [0.1, 0.15) is 27.7 Å². The number of carbonyl (C=O) groups is 1. The van der Waals surface area contributed by atoms with Gasteiger partial charge in [-0.2, -0.15) is 0 Å². The molecule has 2 aromatic carbocycles. The van der Waals surface area contributed by atoms with Crippen molar-refractivity contribution in [1.29, 1.82) is 0 Å². The van der Waals surface area contributed by atoms with Crippen LogP contribution in [0.2, 0.25) is 0 Å². The molecule has 0 saturated carbocycles. The van der Waals surface area contributed by atoms with Crippen LogP contribution in [0.4, 0.5) is 0 Å². The number of pyridine rings is 1. The van der Waals surface area contributed by atoms with E-state index in [-0.39, 0.29) is 19.1 Å². The van der Waals surface area contributed by atoms with Crippen LogP contribution in [-0.2, 0) is 4.79 Å². The number of rotatable bonds is 10. The summed E-state index contributed by atoms with van der Waals surface area (Å²) < 4.78 is 5.89. The molecule has 8 nitrogen and oxygen atoms in total. The lowest BCUT2D eigenvalue weighted by Gasteiger charge is -2.30. The Hall–Kier alpha value is -4.01. The Morgan fingerprint density at radius 1 is 0.949 bits per heavy atom. The van der Waals surface area contributed by atoms with Crippen LogP contribution >= 0.6 is 0 Å². The molecule has 0 fully saturated rings. The number of carbonyl (C=O) groups excluding carboxylic acids is 1. The van der Waals surface area contributed by atoms with Gasteiger partial charge in [0.1, 0.15) is 18.2 Å². The number of H-pyrrole nitrogens is 1. The van der Waals surface area contributed by atoms with Crippen molar-refractivity contribution in [3.63, 3.8) is 0 Å². The molecule has 2 aromatic heterocycles. The van der Waals surface area contributed by atoms with E-state index >= 15 is 0 Å². The van der Waals surface area contributed by atoms with E-state index in [0.29, 0.717) is 5.75 Å². The quantitative estimate of drug-likeness (QED) is 0.265. The summed E-state index contributed by atoms with van der Waals surface area (Å²) >= 11 is 0. The van der Waals surface area contributed by atoms with Gasteiger partial charge in [0.25, 0.3) is 0 Å². The van der Waals surface area contributed by atoms with Gasteiger partial charge in [0.2, 0.25) is 5.91 Å². The average Bonchev–Trinajstić information content (AvgIpc) is 3.48. The Morgan fingerprint density at radius 3 is 2.23 bits per heavy atom. The standard InChI is InChI=1S/C29H32N4O4.C2H6/c1-29(2,28(36)33(3)17-23(35)18-34)19-37-24-12-9-21(10-13-24)25-14-11-22(15-30-25)27-31-16-26(32-27)20-7-5-4-6-8-20;1-2/h4-16,23,34-35H,17-19H2,1-3H3,(H,31,32);1-2H3. The number of benzene rings is 2. The van der Waals surface area contributed by atoms with E-state index in [4.69, 9.17) is 9.84 Å². The van der Waals surface area contributed by atoms with Gasteiger partial charge in [0, 0.05) is 30.9 Å². The minimum absolute atomic E-state index is 0.0629. The van der Waals surface area contributed by atoms with Crippen LogP contribution < -0.4 is 4.74 Å². The van der Waals surface area contributed by atoms with E-state index in [1.807, 2.05) is 86.8 Å². The molecule has 3 N–H and O–H groups in total. The maximum absolute atomic E-state index is 12.7. The predicted molar refractivity (Wildman–Crippen MR) is 154 cm³/mol. The number of hydrogen-bond donors (Lipinski definition) is 3. The second-order valence-electron chi connectivity index (χ2n) is 9.66. The third kappa shape index (κ3) is 7.75. The molecular weight excluding hydrogens is 492 g/mol. The number of amides is 1. The van der Waals surface area contributed by atoms with Crippen LogP contribution in [0, 0.1) is 5.41 Å². The van der Waals surface area contributed by atoms with Gasteiger partial charge in [-0.15, -0.1) is 0 Å². The predicted octanol–water partition coefficient (Wildman–Crippen LogP) is 5.05. The Morgan fingerprint density at radius 2 is 1.62 bits per heavy atom. The van der Waals surface area contributed by atoms with E-state index in [1.165, 1.54) is 4.90 Å². The van der Waals surface area contributed by atoms with Crippen LogP contribution in [-0.4, -0.2) is 68.9 Å². The lowest BCUT2D eigenvalue weighted by atomic mass is 9.92. The topological polar surface area (TPSA) is 112 Å². The summed E-state index contributed by atoms with van der Waals surface area (Å²) in [6, 6.07) is 21.5. The summed E-state index contributed by atoms with van der Waals surface area (Å²) in [6.45, 7) is 7.42. The third-order valence-electron chi connectivity index (χ3n) is 6.07. The molecule has 2 heterocycles. The smallest absolute Gasteiger partial charge is 0.231 e. The van der Waals surface area contributed by atoms with Crippen molar-refractivity contribution >= 4 is 5.91 Å². The van der Waals surface area contributed by atoms with E-state index in [2.05, 4.69) is 15.0 Å². The highest BCUT2D eigenvalue weighted by Crippen LogP contribution is 2.26. The van der Waals surface area contributed by atoms with Crippen molar-refractivity contribution in [3.05, 3.63) is 79.1 Å². The number of nitrogens with zero attached hydrogens (tertiary/aromatic N) is 3. The van der Waals surface area contributed by atoms with Crippen molar-refractivity contribution in [3.8, 4) is 39.7 Å². The fourth-order valence-electron chi connectivity index (χ4n) is 3.96. The Kier molecular flexibility index (Phi) is 10.4. The Bertz CT molecular complexity index is 1300. The molecule has 4 aromatic rings. The molecule has 1 unspecified atom stereocenters. The molecule has 206 valence electrons. The molecule has 1 amide bonds. The van der Waals surface area contributed by atoms with Gasteiger partial charge in [0.05, 0.1) is 35.7 Å². The summed E-state index contributed by atoms with van der Waals surface area (Å²) in [5.41, 5.74) is 3.89. The monoisotopic (exact) mass is 530 g/mol. The maximum Gasteiger partial charge on any atom is 0.231 e. The van der Waals surface area contributed by atoms with Crippen molar-refractivity contribution < 1.29 is 19.7 Å². The molecule has 0 spiro atoms. The second kappa shape index (κ2) is 13.7. The fraction of sp³-hybridized carbons (Fsp3) is 0.323. The van der Waals surface area contributed by atoms with E-state index in [1.54, 1.807) is 27.1 Å². The van der Waals surface area contributed by atoms with Crippen molar-refractivity contribution in [2.45, 2.75) is 33.8 Å². The number of aliphatic hydroxyl groups is 2. The number of ether oxygens (including phenoxy) is 1. The zero-order valence-corrected chi connectivity index (χ0v) is 23.3. The molecule has 0 radical (unpaired) electrons. The lowest BCUT2D eigenvalue weighted by molar-refractivity contribution is -0.142. The van der Waals surface area contributed by atoms with E-state index in [9.17, 15) is 9.90 Å². The second-order valence-corrected chi connectivity index (χ2v) is 9.66. The van der Waals surface area contributed by atoms with Gasteiger partial charge < -0.3 is 24.8 Å². The van der Waals surface area contributed by atoms with Crippen LogP contribution in [0.5, 0.6) is 5.75 Å². The van der Waals surface area contributed by atoms with Crippen molar-refractivity contribution in [2.24, 2.45) is 5.41 Å². The number of likely N-dealkylation sites (N-methyl/N-ethyl adjacent to an activating group) is 1. The first-order valence-corrected chi connectivity index (χ1v) is 13.1. The minimum Gasteiger partial charge on any atom is -0.492 e. The SMILES string of the molecule is CC.CN(CC(O)CO)C(=O)C(C)(C)COc1ccc(-c2ccc(-c3ncc(-c4ccccc4)[nH]3)cn2)cc1. The summed E-state index contributed by atoms with van der Waals surface area (Å²) in [7, 11) is 1.60. The molecule has 0 aliphatic heterocycles. The zero-order chi connectivity index (χ0) is 28.4. The molecule has 4 rings (SSSR count). The number of aliphatic hydroxyl groups excluding tert-OH is 2. The van der Waals surface area contributed by atoms with Gasteiger partial charge >= 0.3 is 0 Å². The Labute approximate surface area is 230 Å². The number of imidazole rings is 1. The first-order valence-electron chi connectivity index (χ1n) is 13.1. The summed E-state index contributed by atoms with van der Waals surface area (Å²) in [5.74, 6) is 1.23. The summed E-state index contributed by atoms with van der Waals surface area (Å²) in [4.78, 5) is 26.6. The molecule has 39 heavy (non-hydrogen) atoms. The van der Waals surface area contributed by atoms with Gasteiger partial charge in [-0.3, -0.25) is 9.78 Å². The highest BCUT2D eigenvalue weighted by Gasteiger charge is 2.32. The molecule has 8 heteroatoms. The first-order chi connectivity index (χ1) is 18.8. The van der Waals surface area contributed by atoms with Crippen LogP contribution in [0.3, 0.4) is 0 Å². The highest BCUT2D eigenvalue weighted by atomic mass is 16.5. The van der Waals surface area contributed by atoms with E-state index < -0.39 is 18.1 Å². The average molecular weight is 531 g/mol. The number of nitrogens with one attached hydrogen (secondary N) is 1. The van der Waals surface area contributed by atoms with Crippen molar-refractivity contribution in [2.75, 3.05) is 26.8 Å². The van der Waals surface area contributed by atoms with Gasteiger partial charge in [0.15, 0.2) is 0 Å². The van der Waals surface area contributed by atoms with Gasteiger partial charge in [-0.05, 0) is 55.8 Å². The highest BCUT2D eigenvalue weighted by molar-refractivity contribution is 5.82.